The summed E-state index contributed by atoms with van der Waals surface area (Å²) >= 11 is 0. The number of aryl methyl sites for hydroxylation is 1. The van der Waals surface area contributed by atoms with Crippen LogP contribution in [0.1, 0.15) is 54.3 Å². The maximum absolute atomic E-state index is 13.1. The minimum Gasteiger partial charge on any atom is -0.503 e. The Labute approximate surface area is 170 Å². The second-order valence-electron chi connectivity index (χ2n) is 8.27. The molecule has 1 atom stereocenters. The lowest BCUT2D eigenvalue weighted by molar-refractivity contribution is -0.130. The molecule has 29 heavy (non-hydrogen) atoms. The number of furan rings is 1. The molecular formula is C23H27NO5. The zero-order valence-electron chi connectivity index (χ0n) is 17.5. The maximum atomic E-state index is 13.1. The van der Waals surface area contributed by atoms with E-state index >= 15 is 0 Å². The molecule has 0 fully saturated rings. The molecule has 1 aromatic carbocycles. The van der Waals surface area contributed by atoms with Crippen molar-refractivity contribution in [1.82, 2.24) is 4.90 Å². The van der Waals surface area contributed by atoms with Crippen LogP contribution < -0.4 is 0 Å². The fourth-order valence-electron chi connectivity index (χ4n) is 3.51. The number of benzene rings is 1. The van der Waals surface area contributed by atoms with Crippen molar-refractivity contribution in [3.63, 3.8) is 0 Å². The van der Waals surface area contributed by atoms with Gasteiger partial charge in [-0.1, -0.05) is 45.0 Å². The van der Waals surface area contributed by atoms with E-state index in [0.29, 0.717) is 5.76 Å². The quantitative estimate of drug-likeness (QED) is 0.742. The molecule has 0 aliphatic carbocycles. The molecule has 2 heterocycles. The van der Waals surface area contributed by atoms with Crippen LogP contribution in [0.25, 0.3) is 0 Å². The van der Waals surface area contributed by atoms with Crippen LogP contribution in [0.5, 0.6) is 0 Å². The summed E-state index contributed by atoms with van der Waals surface area (Å²) in [5, 5.41) is 10.6. The van der Waals surface area contributed by atoms with E-state index in [4.69, 9.17) is 9.15 Å². The summed E-state index contributed by atoms with van der Waals surface area (Å²) in [7, 11) is 1.54. The second-order valence-corrected chi connectivity index (χ2v) is 8.27. The number of methoxy groups -OCH3 is 1. The third-order valence-electron chi connectivity index (χ3n) is 5.14. The van der Waals surface area contributed by atoms with Crippen LogP contribution in [0.15, 0.2) is 52.1 Å². The van der Waals surface area contributed by atoms with Gasteiger partial charge in [-0.05, 0) is 35.6 Å². The van der Waals surface area contributed by atoms with Crippen molar-refractivity contribution in [2.24, 2.45) is 0 Å². The van der Waals surface area contributed by atoms with Gasteiger partial charge in [0.2, 0.25) is 5.78 Å². The predicted molar refractivity (Wildman–Crippen MR) is 109 cm³/mol. The van der Waals surface area contributed by atoms with E-state index in [2.05, 4.69) is 20.8 Å². The van der Waals surface area contributed by atoms with Crippen LogP contribution in [-0.2, 0) is 14.9 Å². The summed E-state index contributed by atoms with van der Waals surface area (Å²) in [5.41, 5.74) is 1.89. The van der Waals surface area contributed by atoms with Crippen molar-refractivity contribution in [2.45, 2.75) is 39.2 Å². The number of rotatable bonds is 6. The van der Waals surface area contributed by atoms with E-state index in [1.165, 1.54) is 4.90 Å². The molecule has 154 valence electrons. The number of hydrogen-bond donors (Lipinski definition) is 1. The van der Waals surface area contributed by atoms with E-state index in [9.17, 15) is 14.7 Å². The van der Waals surface area contributed by atoms with Gasteiger partial charge in [0.05, 0.1) is 18.2 Å². The van der Waals surface area contributed by atoms with E-state index in [-0.39, 0.29) is 29.9 Å². The third-order valence-corrected chi connectivity index (χ3v) is 5.14. The Morgan fingerprint density at radius 1 is 1.17 bits per heavy atom. The molecule has 0 unspecified atom stereocenters. The van der Waals surface area contributed by atoms with Gasteiger partial charge in [0.1, 0.15) is 5.76 Å². The Kier molecular flexibility index (Phi) is 5.66. The summed E-state index contributed by atoms with van der Waals surface area (Å²) in [6.45, 7) is 8.62. The minimum atomic E-state index is -0.704. The first-order valence-electron chi connectivity index (χ1n) is 9.59. The van der Waals surface area contributed by atoms with Crippen molar-refractivity contribution in [3.05, 3.63) is 70.4 Å². The van der Waals surface area contributed by atoms with E-state index in [1.54, 1.807) is 26.2 Å². The maximum Gasteiger partial charge on any atom is 0.290 e. The third kappa shape index (κ3) is 3.98. The molecule has 6 nitrogen and oxygen atoms in total. The number of Topliss-reactive ketones (excluding diaryl/α,β-unsaturated/α-hetero) is 1. The predicted octanol–water partition coefficient (Wildman–Crippen LogP) is 4.11. The summed E-state index contributed by atoms with van der Waals surface area (Å²) in [6.07, 6.45) is 0. The zero-order valence-corrected chi connectivity index (χ0v) is 17.5. The van der Waals surface area contributed by atoms with Gasteiger partial charge in [0, 0.05) is 13.7 Å². The number of carbonyl (C=O) groups excluding carboxylic acids is 2. The van der Waals surface area contributed by atoms with Gasteiger partial charge < -0.3 is 19.2 Å². The number of hydrogen-bond acceptors (Lipinski definition) is 5. The van der Waals surface area contributed by atoms with Crippen molar-refractivity contribution in [3.8, 4) is 0 Å². The molecule has 0 bridgehead atoms. The SMILES string of the molecule is COCCN1C(=O)C(O)=C(C(=O)c2ccc(C)o2)[C@@H]1c1ccc(C(C)(C)C)cc1. The van der Waals surface area contributed by atoms with Crippen LogP contribution >= 0.6 is 0 Å². The van der Waals surface area contributed by atoms with Gasteiger partial charge in [0.25, 0.3) is 5.91 Å². The van der Waals surface area contributed by atoms with E-state index in [1.807, 2.05) is 24.3 Å². The van der Waals surface area contributed by atoms with Crippen molar-refractivity contribution >= 4 is 11.7 Å². The number of ether oxygens (including phenoxy) is 1. The van der Waals surface area contributed by atoms with Gasteiger partial charge in [0.15, 0.2) is 11.5 Å². The van der Waals surface area contributed by atoms with Crippen LogP contribution in [0.4, 0.5) is 0 Å². The molecule has 3 rings (SSSR count). The average molecular weight is 397 g/mol. The van der Waals surface area contributed by atoms with Crippen LogP contribution in [-0.4, -0.2) is 42.0 Å². The summed E-state index contributed by atoms with van der Waals surface area (Å²) < 4.78 is 10.6. The topological polar surface area (TPSA) is 80.0 Å². The lowest BCUT2D eigenvalue weighted by Gasteiger charge is -2.27. The van der Waals surface area contributed by atoms with Crippen LogP contribution in [0.3, 0.4) is 0 Å². The highest BCUT2D eigenvalue weighted by Crippen LogP contribution is 2.39. The molecule has 6 heteroatoms. The Morgan fingerprint density at radius 3 is 2.34 bits per heavy atom. The molecule has 0 radical (unpaired) electrons. The minimum absolute atomic E-state index is 0.0257. The number of ketones is 1. The first-order valence-corrected chi connectivity index (χ1v) is 9.59. The second kappa shape index (κ2) is 7.87. The van der Waals surface area contributed by atoms with Gasteiger partial charge in [-0.3, -0.25) is 9.59 Å². The van der Waals surface area contributed by atoms with Crippen LogP contribution in [0, 0.1) is 6.92 Å². The van der Waals surface area contributed by atoms with Crippen molar-refractivity contribution in [1.29, 1.82) is 0 Å². The molecule has 1 aliphatic heterocycles. The molecule has 2 aromatic rings. The number of nitrogens with zero attached hydrogens (tertiary/aromatic N) is 1. The fraction of sp³-hybridized carbons (Fsp3) is 0.391. The van der Waals surface area contributed by atoms with Gasteiger partial charge in [-0.15, -0.1) is 0 Å². The highest BCUT2D eigenvalue weighted by Gasteiger charge is 2.44. The van der Waals surface area contributed by atoms with Crippen molar-refractivity contribution < 1.29 is 23.8 Å². The van der Waals surface area contributed by atoms with Gasteiger partial charge >= 0.3 is 0 Å². The van der Waals surface area contributed by atoms with Crippen LogP contribution in [0.2, 0.25) is 0 Å². The van der Waals surface area contributed by atoms with Crippen molar-refractivity contribution in [2.75, 3.05) is 20.3 Å². The molecule has 1 aliphatic rings. The van der Waals surface area contributed by atoms with Gasteiger partial charge in [-0.25, -0.2) is 0 Å². The molecule has 0 saturated carbocycles. The number of amides is 1. The number of aliphatic hydroxyl groups is 1. The Balaban J connectivity index is 2.06. The normalized spacial score (nSPS) is 17.3. The molecular weight excluding hydrogens is 370 g/mol. The summed E-state index contributed by atoms with van der Waals surface area (Å²) in [5.74, 6) is -0.931. The first kappa shape index (κ1) is 20.9. The summed E-state index contributed by atoms with van der Waals surface area (Å²) in [6, 6.07) is 10.3. The molecule has 1 amide bonds. The highest BCUT2D eigenvalue weighted by molar-refractivity contribution is 6.15. The van der Waals surface area contributed by atoms with Gasteiger partial charge in [-0.2, -0.15) is 0 Å². The largest absolute Gasteiger partial charge is 0.503 e. The number of aliphatic hydroxyl groups excluding tert-OH is 1. The molecule has 1 N–H and O–H groups in total. The lowest BCUT2D eigenvalue weighted by Crippen LogP contribution is -2.34. The molecule has 0 spiro atoms. The first-order chi connectivity index (χ1) is 13.6. The average Bonchev–Trinajstić information content (AvgIpc) is 3.21. The van der Waals surface area contributed by atoms with E-state index in [0.717, 1.165) is 11.1 Å². The Bertz CT molecular complexity index is 946. The summed E-state index contributed by atoms with van der Waals surface area (Å²) in [4.78, 5) is 27.3. The highest BCUT2D eigenvalue weighted by atomic mass is 16.5. The fourth-order valence-corrected chi connectivity index (χ4v) is 3.51. The van der Waals surface area contributed by atoms with E-state index < -0.39 is 23.5 Å². The lowest BCUT2D eigenvalue weighted by atomic mass is 9.85. The Morgan fingerprint density at radius 2 is 1.83 bits per heavy atom. The molecule has 0 saturated heterocycles. The monoisotopic (exact) mass is 397 g/mol. The molecule has 1 aromatic heterocycles. The Hall–Kier alpha value is -2.86. The standard InChI is InChI=1S/C23H27NO5/c1-14-6-11-17(29-14)20(25)18-19(24(12-13-28-5)22(27)21(18)26)15-7-9-16(10-8-15)23(2,3)4/h6-11,19,26H,12-13H2,1-5H3/t19-/m0/s1. The number of carbonyl (C=O) groups is 2. The smallest absolute Gasteiger partial charge is 0.290 e. The zero-order chi connectivity index (χ0) is 21.3.